The van der Waals surface area contributed by atoms with E-state index in [2.05, 4.69) is 31.4 Å². The topological polar surface area (TPSA) is 37.8 Å². The first-order valence-electron chi connectivity index (χ1n) is 3.05. The van der Waals surface area contributed by atoms with Crippen LogP contribution in [0.3, 0.4) is 0 Å². The summed E-state index contributed by atoms with van der Waals surface area (Å²) in [5.74, 6) is 0.796. The van der Waals surface area contributed by atoms with E-state index in [0.717, 1.165) is 16.8 Å². The van der Waals surface area contributed by atoms with Gasteiger partial charge < -0.3 is 5.32 Å². The van der Waals surface area contributed by atoms with E-state index in [9.17, 15) is 0 Å². The number of anilines is 1. The molecule has 0 atom stereocenters. The van der Waals surface area contributed by atoms with E-state index < -0.39 is 0 Å². The molecule has 0 fully saturated rings. The molecular formula is C6H8BrN3. The molecule has 0 aliphatic heterocycles. The zero-order chi connectivity index (χ0) is 7.40. The molecule has 0 aromatic carbocycles. The minimum atomic E-state index is 0.796. The summed E-state index contributed by atoms with van der Waals surface area (Å²) in [4.78, 5) is 0. The Hall–Kier alpha value is -0.640. The summed E-state index contributed by atoms with van der Waals surface area (Å²) >= 11 is 3.33. The van der Waals surface area contributed by atoms with Crippen molar-refractivity contribution >= 4 is 21.7 Å². The molecule has 1 N–H and O–H groups in total. The van der Waals surface area contributed by atoms with Gasteiger partial charge in [0.15, 0.2) is 5.82 Å². The monoisotopic (exact) mass is 201 g/mol. The first-order valence-corrected chi connectivity index (χ1v) is 3.85. The standard InChI is InChI=1S/C6H8BrN3/c1-2-8-6-5(7)3-4-9-10-6/h3-4H,2H2,1H3,(H,8,10). The van der Waals surface area contributed by atoms with Crippen LogP contribution in [0.1, 0.15) is 6.92 Å². The minimum Gasteiger partial charge on any atom is -0.368 e. The Morgan fingerprint density at radius 2 is 2.50 bits per heavy atom. The van der Waals surface area contributed by atoms with Gasteiger partial charge in [0, 0.05) is 6.54 Å². The van der Waals surface area contributed by atoms with Gasteiger partial charge in [-0.1, -0.05) is 0 Å². The van der Waals surface area contributed by atoms with Crippen molar-refractivity contribution < 1.29 is 0 Å². The van der Waals surface area contributed by atoms with Crippen molar-refractivity contribution in [2.45, 2.75) is 6.92 Å². The van der Waals surface area contributed by atoms with Gasteiger partial charge in [0.1, 0.15) is 0 Å². The lowest BCUT2D eigenvalue weighted by atomic mass is 10.5. The minimum absolute atomic E-state index is 0.796. The van der Waals surface area contributed by atoms with E-state index in [4.69, 9.17) is 0 Å². The molecule has 0 amide bonds. The SMILES string of the molecule is CCNc1nnccc1Br. The maximum absolute atomic E-state index is 3.86. The normalized spacial score (nSPS) is 9.40. The van der Waals surface area contributed by atoms with E-state index in [1.807, 2.05) is 13.0 Å². The molecule has 1 heterocycles. The molecule has 10 heavy (non-hydrogen) atoms. The lowest BCUT2D eigenvalue weighted by molar-refractivity contribution is 1.00. The van der Waals surface area contributed by atoms with Gasteiger partial charge in [-0.15, -0.1) is 5.10 Å². The highest BCUT2D eigenvalue weighted by Crippen LogP contribution is 2.16. The Kier molecular flexibility index (Phi) is 2.62. The highest BCUT2D eigenvalue weighted by atomic mass is 79.9. The second-order valence-corrected chi connectivity index (χ2v) is 2.61. The van der Waals surface area contributed by atoms with Gasteiger partial charge in [-0.2, -0.15) is 5.10 Å². The van der Waals surface area contributed by atoms with Crippen molar-refractivity contribution in [3.8, 4) is 0 Å². The van der Waals surface area contributed by atoms with Crippen LogP contribution in [0.4, 0.5) is 5.82 Å². The van der Waals surface area contributed by atoms with Crippen molar-refractivity contribution in [3.05, 3.63) is 16.7 Å². The number of nitrogens with zero attached hydrogens (tertiary/aromatic N) is 2. The van der Waals surface area contributed by atoms with E-state index in [1.165, 1.54) is 0 Å². The summed E-state index contributed by atoms with van der Waals surface area (Å²) in [6.45, 7) is 2.87. The van der Waals surface area contributed by atoms with E-state index in [-0.39, 0.29) is 0 Å². The second-order valence-electron chi connectivity index (χ2n) is 1.76. The molecule has 3 nitrogen and oxygen atoms in total. The van der Waals surface area contributed by atoms with Gasteiger partial charge in [0.2, 0.25) is 0 Å². The highest BCUT2D eigenvalue weighted by Gasteiger charge is 1.95. The summed E-state index contributed by atoms with van der Waals surface area (Å²) in [6.07, 6.45) is 1.64. The Morgan fingerprint density at radius 3 is 3.10 bits per heavy atom. The fourth-order valence-electron chi connectivity index (χ4n) is 0.604. The molecule has 1 rings (SSSR count). The lowest BCUT2D eigenvalue weighted by Crippen LogP contribution is -2.00. The van der Waals surface area contributed by atoms with Crippen LogP contribution in [-0.4, -0.2) is 16.7 Å². The Balaban J connectivity index is 2.81. The van der Waals surface area contributed by atoms with Crippen LogP contribution in [-0.2, 0) is 0 Å². The molecule has 0 spiro atoms. The Morgan fingerprint density at radius 1 is 1.70 bits per heavy atom. The third-order valence-electron chi connectivity index (χ3n) is 1.02. The summed E-state index contributed by atoms with van der Waals surface area (Å²) < 4.78 is 0.948. The van der Waals surface area contributed by atoms with E-state index in [1.54, 1.807) is 6.20 Å². The Bertz CT molecular complexity index is 214. The maximum Gasteiger partial charge on any atom is 0.163 e. The van der Waals surface area contributed by atoms with Crippen molar-refractivity contribution in [2.24, 2.45) is 0 Å². The fourth-order valence-corrected chi connectivity index (χ4v) is 0.941. The largest absolute Gasteiger partial charge is 0.368 e. The van der Waals surface area contributed by atoms with E-state index >= 15 is 0 Å². The van der Waals surface area contributed by atoms with Gasteiger partial charge in [0.05, 0.1) is 10.7 Å². The van der Waals surface area contributed by atoms with Crippen molar-refractivity contribution in [1.82, 2.24) is 10.2 Å². The molecule has 0 bridgehead atoms. The highest BCUT2D eigenvalue weighted by molar-refractivity contribution is 9.10. The van der Waals surface area contributed by atoms with Crippen molar-refractivity contribution in [2.75, 3.05) is 11.9 Å². The molecule has 0 saturated carbocycles. The molecule has 1 aromatic rings. The predicted octanol–water partition coefficient (Wildman–Crippen LogP) is 1.67. The molecule has 4 heteroatoms. The van der Waals surface area contributed by atoms with Crippen LogP contribution in [0.5, 0.6) is 0 Å². The van der Waals surface area contributed by atoms with Crippen LogP contribution < -0.4 is 5.32 Å². The number of halogens is 1. The van der Waals surface area contributed by atoms with Gasteiger partial charge >= 0.3 is 0 Å². The van der Waals surface area contributed by atoms with Crippen LogP contribution >= 0.6 is 15.9 Å². The Labute approximate surface area is 68.0 Å². The number of nitrogens with one attached hydrogen (secondary N) is 1. The van der Waals surface area contributed by atoms with Crippen molar-refractivity contribution in [1.29, 1.82) is 0 Å². The zero-order valence-electron chi connectivity index (χ0n) is 5.63. The smallest absolute Gasteiger partial charge is 0.163 e. The van der Waals surface area contributed by atoms with Crippen LogP contribution in [0, 0.1) is 0 Å². The lowest BCUT2D eigenvalue weighted by Gasteiger charge is -2.00. The molecule has 0 unspecified atom stereocenters. The quantitative estimate of drug-likeness (QED) is 0.792. The van der Waals surface area contributed by atoms with Crippen molar-refractivity contribution in [3.63, 3.8) is 0 Å². The molecule has 54 valence electrons. The van der Waals surface area contributed by atoms with Crippen LogP contribution in [0.15, 0.2) is 16.7 Å². The molecule has 0 aliphatic carbocycles. The molecule has 0 radical (unpaired) electrons. The molecule has 0 saturated heterocycles. The number of hydrogen-bond donors (Lipinski definition) is 1. The molecule has 1 aromatic heterocycles. The summed E-state index contributed by atoms with van der Waals surface area (Å²) in [6, 6.07) is 1.85. The van der Waals surface area contributed by atoms with Gasteiger partial charge in [-0.05, 0) is 28.9 Å². The summed E-state index contributed by atoms with van der Waals surface area (Å²) in [7, 11) is 0. The first-order chi connectivity index (χ1) is 4.84. The van der Waals surface area contributed by atoms with Crippen LogP contribution in [0.25, 0.3) is 0 Å². The van der Waals surface area contributed by atoms with Gasteiger partial charge in [-0.3, -0.25) is 0 Å². The number of aromatic nitrogens is 2. The van der Waals surface area contributed by atoms with Crippen LogP contribution in [0.2, 0.25) is 0 Å². The third kappa shape index (κ3) is 1.67. The number of hydrogen-bond acceptors (Lipinski definition) is 3. The average Bonchev–Trinajstić information content (AvgIpc) is 1.94. The first kappa shape index (κ1) is 7.47. The predicted molar refractivity (Wildman–Crippen MR) is 43.9 cm³/mol. The van der Waals surface area contributed by atoms with Gasteiger partial charge in [0.25, 0.3) is 0 Å². The van der Waals surface area contributed by atoms with Gasteiger partial charge in [-0.25, -0.2) is 0 Å². The maximum atomic E-state index is 3.86. The van der Waals surface area contributed by atoms with E-state index in [0.29, 0.717) is 0 Å². The zero-order valence-corrected chi connectivity index (χ0v) is 7.22. The summed E-state index contributed by atoms with van der Waals surface area (Å²) in [5.41, 5.74) is 0. The average molecular weight is 202 g/mol. The fraction of sp³-hybridized carbons (Fsp3) is 0.333. The second kappa shape index (κ2) is 3.51. The molecule has 0 aliphatic rings. The summed E-state index contributed by atoms with van der Waals surface area (Å²) in [5, 5.41) is 10.6. The molecular weight excluding hydrogens is 194 g/mol. The number of rotatable bonds is 2. The third-order valence-corrected chi connectivity index (χ3v) is 1.66.